The Bertz CT molecular complexity index is 745. The van der Waals surface area contributed by atoms with Gasteiger partial charge in [0.25, 0.3) is 0 Å². The number of ether oxygens (including phenoxy) is 1. The molecule has 0 radical (unpaired) electrons. The van der Waals surface area contributed by atoms with Crippen molar-refractivity contribution in [2.45, 2.75) is 17.2 Å². The summed E-state index contributed by atoms with van der Waals surface area (Å²) < 4.78 is 32.9. The standard InChI is InChI=1S/C17H19NO3S2/c1-2-21-15-8-10-16(11-9-15)23(19,20)18-12-13-22-17(18)14-6-4-3-5-7-14/h3-11,17H,2,12-13H2,1H3/t17-/m0/s1. The number of sulfonamides is 1. The maximum absolute atomic E-state index is 13.0. The van der Waals surface area contributed by atoms with Gasteiger partial charge in [0.1, 0.15) is 5.75 Å². The van der Waals surface area contributed by atoms with Crippen LogP contribution in [0.4, 0.5) is 0 Å². The van der Waals surface area contributed by atoms with Gasteiger partial charge in [0.15, 0.2) is 0 Å². The first kappa shape index (κ1) is 16.4. The fourth-order valence-corrected chi connectivity index (χ4v) is 5.83. The topological polar surface area (TPSA) is 46.6 Å². The Morgan fingerprint density at radius 3 is 2.48 bits per heavy atom. The van der Waals surface area contributed by atoms with Crippen molar-refractivity contribution in [3.63, 3.8) is 0 Å². The molecule has 0 aliphatic carbocycles. The first-order valence-corrected chi connectivity index (χ1v) is 10.0. The van der Waals surface area contributed by atoms with Crippen LogP contribution in [0, 0.1) is 0 Å². The van der Waals surface area contributed by atoms with Gasteiger partial charge < -0.3 is 4.74 Å². The summed E-state index contributed by atoms with van der Waals surface area (Å²) in [4.78, 5) is 0.310. The van der Waals surface area contributed by atoms with E-state index in [-0.39, 0.29) is 5.37 Å². The van der Waals surface area contributed by atoms with Crippen LogP contribution in [-0.2, 0) is 10.0 Å². The van der Waals surface area contributed by atoms with Crippen LogP contribution in [0.25, 0.3) is 0 Å². The third-order valence-corrected chi connectivity index (χ3v) is 6.95. The Morgan fingerprint density at radius 2 is 1.83 bits per heavy atom. The van der Waals surface area contributed by atoms with Gasteiger partial charge in [-0.05, 0) is 36.8 Å². The van der Waals surface area contributed by atoms with Crippen molar-refractivity contribution < 1.29 is 13.2 Å². The molecule has 1 aliphatic heterocycles. The lowest BCUT2D eigenvalue weighted by atomic mass is 10.2. The van der Waals surface area contributed by atoms with Gasteiger partial charge in [-0.15, -0.1) is 11.8 Å². The van der Waals surface area contributed by atoms with Crippen LogP contribution in [0.1, 0.15) is 17.9 Å². The van der Waals surface area contributed by atoms with Gasteiger partial charge in [-0.3, -0.25) is 0 Å². The molecule has 0 unspecified atom stereocenters. The second-order valence-electron chi connectivity index (χ2n) is 5.15. The van der Waals surface area contributed by atoms with Crippen LogP contribution in [0.15, 0.2) is 59.5 Å². The lowest BCUT2D eigenvalue weighted by Gasteiger charge is -2.23. The molecule has 0 aromatic heterocycles. The van der Waals surface area contributed by atoms with E-state index in [4.69, 9.17) is 4.74 Å². The van der Waals surface area contributed by atoms with Crippen molar-refractivity contribution in [3.05, 3.63) is 60.2 Å². The van der Waals surface area contributed by atoms with Crippen molar-refractivity contribution in [1.29, 1.82) is 0 Å². The molecule has 0 spiro atoms. The Morgan fingerprint density at radius 1 is 1.13 bits per heavy atom. The summed E-state index contributed by atoms with van der Waals surface area (Å²) in [5.74, 6) is 1.48. The van der Waals surface area contributed by atoms with Gasteiger partial charge in [0, 0.05) is 12.3 Å². The number of thioether (sulfide) groups is 1. The molecule has 3 rings (SSSR count). The maximum atomic E-state index is 13.0. The second-order valence-corrected chi connectivity index (χ2v) is 8.23. The molecule has 1 fully saturated rings. The number of hydrogen-bond acceptors (Lipinski definition) is 4. The van der Waals surface area contributed by atoms with E-state index < -0.39 is 10.0 Å². The normalized spacial score (nSPS) is 18.9. The molecule has 23 heavy (non-hydrogen) atoms. The van der Waals surface area contributed by atoms with Gasteiger partial charge in [0.05, 0.1) is 16.9 Å². The summed E-state index contributed by atoms with van der Waals surface area (Å²) in [5.41, 5.74) is 1.02. The minimum atomic E-state index is -3.51. The Balaban J connectivity index is 1.89. The van der Waals surface area contributed by atoms with Crippen LogP contribution in [-0.4, -0.2) is 31.6 Å². The van der Waals surface area contributed by atoms with E-state index in [0.717, 1.165) is 11.3 Å². The fourth-order valence-electron chi connectivity index (χ4n) is 2.59. The summed E-state index contributed by atoms with van der Waals surface area (Å²) in [5, 5.41) is -0.159. The van der Waals surface area contributed by atoms with Gasteiger partial charge in [-0.2, -0.15) is 4.31 Å². The highest BCUT2D eigenvalue weighted by Crippen LogP contribution is 2.41. The fraction of sp³-hybridized carbons (Fsp3) is 0.294. The number of nitrogens with zero attached hydrogens (tertiary/aromatic N) is 1. The predicted octanol–water partition coefficient (Wildman–Crippen LogP) is 3.52. The molecular weight excluding hydrogens is 330 g/mol. The van der Waals surface area contributed by atoms with Crippen molar-refractivity contribution in [2.24, 2.45) is 0 Å². The number of benzene rings is 2. The first-order chi connectivity index (χ1) is 11.1. The van der Waals surface area contributed by atoms with Crippen LogP contribution in [0.2, 0.25) is 0 Å². The maximum Gasteiger partial charge on any atom is 0.244 e. The molecule has 2 aromatic carbocycles. The second kappa shape index (κ2) is 6.95. The molecular formula is C17H19NO3S2. The van der Waals surface area contributed by atoms with E-state index >= 15 is 0 Å². The summed E-state index contributed by atoms with van der Waals surface area (Å²) in [6, 6.07) is 16.4. The van der Waals surface area contributed by atoms with E-state index in [1.807, 2.05) is 37.3 Å². The van der Waals surface area contributed by atoms with Crippen molar-refractivity contribution in [2.75, 3.05) is 18.9 Å². The van der Waals surface area contributed by atoms with Gasteiger partial charge in [-0.25, -0.2) is 8.42 Å². The molecule has 1 saturated heterocycles. The molecule has 1 atom stereocenters. The molecule has 4 nitrogen and oxygen atoms in total. The number of hydrogen-bond donors (Lipinski definition) is 0. The summed E-state index contributed by atoms with van der Waals surface area (Å²) in [6.07, 6.45) is 0. The average Bonchev–Trinajstić information content (AvgIpc) is 3.07. The molecule has 0 saturated carbocycles. The van der Waals surface area contributed by atoms with Crippen molar-refractivity contribution in [3.8, 4) is 5.75 Å². The van der Waals surface area contributed by atoms with E-state index in [1.54, 1.807) is 40.3 Å². The first-order valence-electron chi connectivity index (χ1n) is 7.54. The third-order valence-electron chi connectivity index (χ3n) is 3.68. The molecule has 0 N–H and O–H groups in total. The molecule has 0 amide bonds. The molecule has 6 heteroatoms. The van der Waals surface area contributed by atoms with Crippen LogP contribution < -0.4 is 4.74 Å². The molecule has 2 aromatic rings. The smallest absolute Gasteiger partial charge is 0.244 e. The third kappa shape index (κ3) is 3.39. The van der Waals surface area contributed by atoms with Crippen molar-refractivity contribution >= 4 is 21.8 Å². The summed E-state index contributed by atoms with van der Waals surface area (Å²) in [7, 11) is -3.51. The molecule has 1 aliphatic rings. The van der Waals surface area contributed by atoms with Gasteiger partial charge in [0.2, 0.25) is 10.0 Å². The zero-order valence-electron chi connectivity index (χ0n) is 12.9. The number of rotatable bonds is 5. The van der Waals surface area contributed by atoms with E-state index in [0.29, 0.717) is 23.8 Å². The Labute approximate surface area is 141 Å². The highest BCUT2D eigenvalue weighted by molar-refractivity contribution is 8.01. The van der Waals surface area contributed by atoms with Crippen molar-refractivity contribution in [1.82, 2.24) is 4.31 Å². The van der Waals surface area contributed by atoms with Gasteiger partial charge in [-0.1, -0.05) is 30.3 Å². The zero-order valence-corrected chi connectivity index (χ0v) is 14.5. The minimum Gasteiger partial charge on any atom is -0.494 e. The largest absolute Gasteiger partial charge is 0.494 e. The molecule has 122 valence electrons. The predicted molar refractivity (Wildman–Crippen MR) is 93.1 cm³/mol. The Kier molecular flexibility index (Phi) is 4.94. The Hall–Kier alpha value is -1.50. The van der Waals surface area contributed by atoms with Crippen LogP contribution >= 0.6 is 11.8 Å². The summed E-state index contributed by atoms with van der Waals surface area (Å²) >= 11 is 1.66. The lowest BCUT2D eigenvalue weighted by molar-refractivity contribution is 0.340. The molecule has 0 bridgehead atoms. The monoisotopic (exact) mass is 349 g/mol. The SMILES string of the molecule is CCOc1ccc(S(=O)(=O)N2CCS[C@H]2c2ccccc2)cc1. The van der Waals surface area contributed by atoms with Gasteiger partial charge >= 0.3 is 0 Å². The van der Waals surface area contributed by atoms with Crippen LogP contribution in [0.3, 0.4) is 0 Å². The molecule has 1 heterocycles. The minimum absolute atomic E-state index is 0.159. The lowest BCUT2D eigenvalue weighted by Crippen LogP contribution is -2.30. The van der Waals surface area contributed by atoms with Crippen LogP contribution in [0.5, 0.6) is 5.75 Å². The van der Waals surface area contributed by atoms with E-state index in [2.05, 4.69) is 0 Å². The van der Waals surface area contributed by atoms with E-state index in [9.17, 15) is 8.42 Å². The average molecular weight is 349 g/mol. The highest BCUT2D eigenvalue weighted by Gasteiger charge is 2.36. The quantitative estimate of drug-likeness (QED) is 0.828. The van der Waals surface area contributed by atoms with E-state index in [1.165, 1.54) is 0 Å². The zero-order chi connectivity index (χ0) is 16.3. The summed E-state index contributed by atoms with van der Waals surface area (Å²) in [6.45, 7) is 2.99. The highest BCUT2D eigenvalue weighted by atomic mass is 32.2.